The molecule has 1 rings (SSSR count). The molecule has 17 heavy (non-hydrogen) atoms. The first-order valence-electron chi connectivity index (χ1n) is 5.28. The number of carbonyl (C=O) groups excluding carboxylic acids is 1. The molecule has 5 nitrogen and oxygen atoms in total. The number of nitrogens with zero attached hydrogens (tertiary/aromatic N) is 1. The molecule has 0 atom stereocenters. The number of rotatable bonds is 6. The van der Waals surface area contributed by atoms with Crippen LogP contribution in [0.25, 0.3) is 0 Å². The molecule has 0 aliphatic carbocycles. The van der Waals surface area contributed by atoms with Crippen LogP contribution in [0, 0.1) is 11.5 Å². The van der Waals surface area contributed by atoms with E-state index in [1.165, 1.54) is 0 Å². The van der Waals surface area contributed by atoms with E-state index in [0.717, 1.165) is 5.56 Å². The average molecular weight is 234 g/mol. The van der Waals surface area contributed by atoms with Crippen molar-refractivity contribution in [3.8, 4) is 6.26 Å². The Kier molecular flexibility index (Phi) is 6.04. The summed E-state index contributed by atoms with van der Waals surface area (Å²) in [6.45, 7) is 0.978. The SMILES string of the molecule is N#COCCCNC(=O)OCc1ccccc1. The van der Waals surface area contributed by atoms with Gasteiger partial charge < -0.3 is 14.8 Å². The molecule has 0 saturated heterocycles. The van der Waals surface area contributed by atoms with Crippen LogP contribution in [0.5, 0.6) is 0 Å². The van der Waals surface area contributed by atoms with E-state index in [-0.39, 0.29) is 6.61 Å². The highest BCUT2D eigenvalue weighted by molar-refractivity contribution is 5.67. The summed E-state index contributed by atoms with van der Waals surface area (Å²) in [7, 11) is 0. The van der Waals surface area contributed by atoms with Crippen molar-refractivity contribution in [2.24, 2.45) is 0 Å². The Labute approximate surface area is 100.0 Å². The van der Waals surface area contributed by atoms with Crippen molar-refractivity contribution in [1.82, 2.24) is 5.32 Å². The number of benzene rings is 1. The highest BCUT2D eigenvalue weighted by Gasteiger charge is 2.01. The highest BCUT2D eigenvalue weighted by atomic mass is 16.5. The van der Waals surface area contributed by atoms with Gasteiger partial charge in [0.25, 0.3) is 6.26 Å². The standard InChI is InChI=1S/C12H14N2O3/c13-10-16-8-4-7-14-12(15)17-9-11-5-2-1-3-6-11/h1-3,5-6H,4,7-9H2,(H,14,15). The topological polar surface area (TPSA) is 71.3 Å². The lowest BCUT2D eigenvalue weighted by Crippen LogP contribution is -2.25. The van der Waals surface area contributed by atoms with Gasteiger partial charge >= 0.3 is 6.09 Å². The van der Waals surface area contributed by atoms with Gasteiger partial charge in [-0.05, 0) is 5.56 Å². The molecule has 0 fully saturated rings. The first-order valence-corrected chi connectivity index (χ1v) is 5.28. The van der Waals surface area contributed by atoms with Crippen molar-refractivity contribution in [3.05, 3.63) is 35.9 Å². The maximum atomic E-state index is 11.2. The summed E-state index contributed by atoms with van der Waals surface area (Å²) in [4.78, 5) is 11.2. The van der Waals surface area contributed by atoms with Crippen molar-refractivity contribution in [1.29, 1.82) is 5.26 Å². The van der Waals surface area contributed by atoms with Crippen LogP contribution in [0.4, 0.5) is 4.79 Å². The summed E-state index contributed by atoms with van der Waals surface area (Å²) >= 11 is 0. The van der Waals surface area contributed by atoms with Gasteiger partial charge in [0, 0.05) is 13.0 Å². The molecule has 1 N–H and O–H groups in total. The quantitative estimate of drug-likeness (QED) is 0.601. The molecule has 0 unspecified atom stereocenters. The smallest absolute Gasteiger partial charge is 0.407 e. The number of nitrogens with one attached hydrogen (secondary N) is 1. The van der Waals surface area contributed by atoms with Crippen molar-refractivity contribution in [2.45, 2.75) is 13.0 Å². The predicted octanol–water partition coefficient (Wildman–Crippen LogP) is 1.80. The van der Waals surface area contributed by atoms with Gasteiger partial charge in [0.1, 0.15) is 13.2 Å². The van der Waals surface area contributed by atoms with Crippen LogP contribution in [0.2, 0.25) is 0 Å². The molecule has 0 aliphatic rings. The van der Waals surface area contributed by atoms with Crippen LogP contribution >= 0.6 is 0 Å². The summed E-state index contributed by atoms with van der Waals surface area (Å²) in [6, 6.07) is 9.44. The van der Waals surface area contributed by atoms with Crippen molar-refractivity contribution in [3.63, 3.8) is 0 Å². The Morgan fingerprint density at radius 3 is 2.82 bits per heavy atom. The van der Waals surface area contributed by atoms with Crippen LogP contribution in [0.3, 0.4) is 0 Å². The average Bonchev–Trinajstić information content (AvgIpc) is 2.37. The van der Waals surface area contributed by atoms with Crippen molar-refractivity contribution >= 4 is 6.09 Å². The van der Waals surface area contributed by atoms with Gasteiger partial charge in [-0.3, -0.25) is 0 Å². The first-order chi connectivity index (χ1) is 8.33. The van der Waals surface area contributed by atoms with Gasteiger partial charge in [-0.2, -0.15) is 5.26 Å². The third-order valence-corrected chi connectivity index (χ3v) is 1.97. The molecular formula is C12H14N2O3. The largest absolute Gasteiger partial charge is 0.445 e. The molecule has 0 aliphatic heterocycles. The number of alkyl carbamates (subject to hydrolysis) is 1. The molecule has 1 amide bonds. The number of amides is 1. The normalized spacial score (nSPS) is 9.12. The lowest BCUT2D eigenvalue weighted by molar-refractivity contribution is 0.138. The second-order valence-corrected chi connectivity index (χ2v) is 3.28. The molecule has 0 radical (unpaired) electrons. The van der Waals surface area contributed by atoms with Gasteiger partial charge in [-0.1, -0.05) is 30.3 Å². The number of hydrogen-bond donors (Lipinski definition) is 1. The van der Waals surface area contributed by atoms with Crippen LogP contribution in [0.15, 0.2) is 30.3 Å². The minimum absolute atomic E-state index is 0.251. The predicted molar refractivity (Wildman–Crippen MR) is 60.8 cm³/mol. The Hall–Kier alpha value is -2.22. The van der Waals surface area contributed by atoms with Gasteiger partial charge in [0.15, 0.2) is 0 Å². The van der Waals surface area contributed by atoms with Crippen LogP contribution in [-0.4, -0.2) is 19.2 Å². The fraction of sp³-hybridized carbons (Fsp3) is 0.333. The van der Waals surface area contributed by atoms with E-state index in [1.54, 1.807) is 6.26 Å². The fourth-order valence-electron chi connectivity index (χ4n) is 1.15. The minimum atomic E-state index is -0.467. The second-order valence-electron chi connectivity index (χ2n) is 3.28. The summed E-state index contributed by atoms with van der Waals surface area (Å²) in [5.74, 6) is 0. The van der Waals surface area contributed by atoms with E-state index < -0.39 is 6.09 Å². The summed E-state index contributed by atoms with van der Waals surface area (Å²) < 4.78 is 9.44. The monoisotopic (exact) mass is 234 g/mol. The van der Waals surface area contributed by atoms with Crippen molar-refractivity contribution in [2.75, 3.05) is 13.2 Å². The van der Waals surface area contributed by atoms with Gasteiger partial charge in [-0.25, -0.2) is 4.79 Å². The Morgan fingerprint density at radius 2 is 2.12 bits per heavy atom. The second kappa shape index (κ2) is 7.99. The fourth-order valence-corrected chi connectivity index (χ4v) is 1.15. The lowest BCUT2D eigenvalue weighted by atomic mass is 10.2. The Balaban J connectivity index is 2.08. The zero-order valence-corrected chi connectivity index (χ0v) is 9.39. The van der Waals surface area contributed by atoms with E-state index in [4.69, 9.17) is 10.00 Å². The van der Waals surface area contributed by atoms with E-state index in [1.807, 2.05) is 30.3 Å². The molecule has 1 aromatic rings. The number of carbonyl (C=O) groups is 1. The maximum absolute atomic E-state index is 11.2. The molecule has 1 aromatic carbocycles. The number of hydrogen-bond acceptors (Lipinski definition) is 4. The zero-order valence-electron chi connectivity index (χ0n) is 9.39. The third-order valence-electron chi connectivity index (χ3n) is 1.97. The van der Waals surface area contributed by atoms with E-state index in [0.29, 0.717) is 19.6 Å². The zero-order chi connectivity index (χ0) is 12.3. The van der Waals surface area contributed by atoms with Gasteiger partial charge in [0.05, 0.1) is 0 Å². The van der Waals surface area contributed by atoms with Crippen LogP contribution < -0.4 is 5.32 Å². The van der Waals surface area contributed by atoms with Crippen molar-refractivity contribution < 1.29 is 14.3 Å². The molecule has 0 heterocycles. The van der Waals surface area contributed by atoms with E-state index >= 15 is 0 Å². The number of ether oxygens (including phenoxy) is 2. The highest BCUT2D eigenvalue weighted by Crippen LogP contribution is 2.00. The summed E-state index contributed by atoms with van der Waals surface area (Å²) in [5, 5.41) is 10.7. The first kappa shape index (κ1) is 12.8. The molecular weight excluding hydrogens is 220 g/mol. The lowest BCUT2D eigenvalue weighted by Gasteiger charge is -2.06. The molecule has 0 saturated carbocycles. The summed E-state index contributed by atoms with van der Waals surface area (Å²) in [6.07, 6.45) is 1.67. The minimum Gasteiger partial charge on any atom is -0.445 e. The molecule has 90 valence electrons. The molecule has 0 aromatic heterocycles. The molecule has 5 heteroatoms. The number of nitriles is 1. The summed E-state index contributed by atoms with van der Waals surface area (Å²) in [5.41, 5.74) is 0.940. The molecule has 0 spiro atoms. The van der Waals surface area contributed by atoms with Gasteiger partial charge in [-0.15, -0.1) is 0 Å². The Bertz CT molecular complexity index is 373. The van der Waals surface area contributed by atoms with Crippen LogP contribution in [-0.2, 0) is 16.1 Å². The molecule has 0 bridgehead atoms. The third kappa shape index (κ3) is 6.05. The van der Waals surface area contributed by atoms with Gasteiger partial charge in [0.2, 0.25) is 0 Å². The maximum Gasteiger partial charge on any atom is 0.407 e. The van der Waals surface area contributed by atoms with E-state index in [9.17, 15) is 4.79 Å². The van der Waals surface area contributed by atoms with E-state index in [2.05, 4.69) is 10.1 Å². The Morgan fingerprint density at radius 1 is 1.35 bits per heavy atom. The van der Waals surface area contributed by atoms with Crippen LogP contribution in [0.1, 0.15) is 12.0 Å².